The zero-order valence-corrected chi connectivity index (χ0v) is 26.3. The lowest BCUT2D eigenvalue weighted by atomic mass is 9.49. The van der Waals surface area contributed by atoms with Gasteiger partial charge in [0.15, 0.2) is 11.6 Å². The van der Waals surface area contributed by atoms with E-state index >= 15 is 0 Å². The largest absolute Gasteiger partial charge is 0.507 e. The molecule has 0 bridgehead atoms. The Labute approximate surface area is 275 Å². The summed E-state index contributed by atoms with van der Waals surface area (Å²) in [5, 5.41) is 35.1. The Kier molecular flexibility index (Phi) is 5.55. The molecule has 1 spiro atoms. The van der Waals surface area contributed by atoms with Gasteiger partial charge in [0.1, 0.15) is 35.0 Å². The lowest BCUT2D eigenvalue weighted by Crippen LogP contribution is -2.63. The minimum atomic E-state index is -1.84. The molecule has 1 saturated carbocycles. The Hall–Kier alpha value is -5.25. The van der Waals surface area contributed by atoms with Gasteiger partial charge in [-0.3, -0.25) is 14.4 Å². The zero-order valence-electron chi connectivity index (χ0n) is 26.3. The Morgan fingerprint density at radius 2 is 1.65 bits per heavy atom. The lowest BCUT2D eigenvalue weighted by Gasteiger charge is -2.52. The molecule has 0 unspecified atom stereocenters. The first kappa shape index (κ1) is 28.9. The summed E-state index contributed by atoms with van der Waals surface area (Å²) >= 11 is 0. The minimum absolute atomic E-state index is 0.00112. The second kappa shape index (κ2) is 9.21. The molecule has 240 valence electrons. The highest BCUT2D eigenvalue weighted by atomic mass is 16.7. The molecule has 9 nitrogen and oxygen atoms in total. The number of aliphatic hydroxyl groups is 2. The first-order chi connectivity index (χ1) is 22.9. The van der Waals surface area contributed by atoms with Crippen molar-refractivity contribution >= 4 is 23.1 Å². The molecule has 3 aliphatic carbocycles. The van der Waals surface area contributed by atoms with Crippen molar-refractivity contribution in [3.05, 3.63) is 128 Å². The molecule has 9 rings (SSSR count). The van der Waals surface area contributed by atoms with E-state index < -0.39 is 46.2 Å². The predicted molar refractivity (Wildman–Crippen MR) is 171 cm³/mol. The van der Waals surface area contributed by atoms with Gasteiger partial charge in [-0.05, 0) is 56.2 Å². The molecule has 0 amide bonds. The molecule has 4 aromatic carbocycles. The number of phenols is 1. The third-order valence-electron chi connectivity index (χ3n) is 10.8. The molecule has 0 aromatic heterocycles. The highest BCUT2D eigenvalue weighted by Crippen LogP contribution is 2.74. The Balaban J connectivity index is 1.33. The average Bonchev–Trinajstić information content (AvgIpc) is 3.47. The highest BCUT2D eigenvalue weighted by Gasteiger charge is 2.81. The van der Waals surface area contributed by atoms with Crippen molar-refractivity contribution < 1.29 is 43.9 Å². The van der Waals surface area contributed by atoms with Gasteiger partial charge in [-0.15, -0.1) is 0 Å². The smallest absolute Gasteiger partial charge is 0.253 e. The summed E-state index contributed by atoms with van der Waals surface area (Å²) in [5.41, 5.74) is -0.850. The van der Waals surface area contributed by atoms with Crippen LogP contribution in [0.4, 0.5) is 0 Å². The lowest BCUT2D eigenvalue weighted by molar-refractivity contribution is -0.190. The van der Waals surface area contributed by atoms with E-state index in [4.69, 9.17) is 14.2 Å². The van der Waals surface area contributed by atoms with Crippen LogP contribution in [0.2, 0.25) is 0 Å². The molecule has 9 heteroatoms. The standard InChI is InChI=1S/C39H30O9/c1-18-14-22-28(25(40)15-18)33(43)29-21(32(22)42)12-13-24-35(29)48-39-23-10-7-11-27(46-17-20-8-5-4-6-9-20)30(23)34(44)31-26(41)16-37(3,45)36(19(2)47-39)38(24,31)39/h4-15,19,36,40,44-45H,16-17H2,1-3H3/t19-,36+,37+,38-,39+/m1/s1. The number of rotatable bonds is 3. The maximum atomic E-state index is 14.3. The van der Waals surface area contributed by atoms with Crippen molar-refractivity contribution in [1.82, 2.24) is 0 Å². The number of carbonyl (C=O) groups excluding carboxylic acids is 3. The highest BCUT2D eigenvalue weighted by molar-refractivity contribution is 6.30. The topological polar surface area (TPSA) is 140 Å². The van der Waals surface area contributed by atoms with E-state index in [-0.39, 0.29) is 69.4 Å². The van der Waals surface area contributed by atoms with E-state index in [0.29, 0.717) is 16.7 Å². The van der Waals surface area contributed by atoms with Gasteiger partial charge < -0.3 is 29.5 Å². The van der Waals surface area contributed by atoms with Crippen molar-refractivity contribution in [2.45, 2.75) is 56.7 Å². The van der Waals surface area contributed by atoms with E-state index in [9.17, 15) is 29.7 Å². The number of ketones is 3. The second-order valence-corrected chi connectivity index (χ2v) is 13.7. The van der Waals surface area contributed by atoms with Crippen LogP contribution in [0.1, 0.15) is 79.9 Å². The van der Waals surface area contributed by atoms with E-state index in [2.05, 4.69) is 0 Å². The first-order valence-electron chi connectivity index (χ1n) is 15.9. The van der Waals surface area contributed by atoms with Gasteiger partial charge in [0.25, 0.3) is 5.79 Å². The van der Waals surface area contributed by atoms with Gasteiger partial charge in [-0.1, -0.05) is 48.5 Å². The fourth-order valence-electron chi connectivity index (χ4n) is 9.29. The van der Waals surface area contributed by atoms with Gasteiger partial charge >= 0.3 is 0 Å². The average molecular weight is 643 g/mol. The van der Waals surface area contributed by atoms with Crippen LogP contribution in [0.15, 0.2) is 78.4 Å². The Morgan fingerprint density at radius 1 is 0.875 bits per heavy atom. The molecule has 5 aliphatic rings. The fraction of sp³-hybridized carbons (Fsp3) is 0.256. The number of aliphatic hydroxyl groups excluding tert-OH is 1. The van der Waals surface area contributed by atoms with Crippen LogP contribution in [-0.2, 0) is 27.3 Å². The van der Waals surface area contributed by atoms with E-state index in [1.54, 1.807) is 51.1 Å². The predicted octanol–water partition coefficient (Wildman–Crippen LogP) is 5.58. The number of fused-ring (bicyclic) bond motifs is 5. The summed E-state index contributed by atoms with van der Waals surface area (Å²) in [6.07, 6.45) is -0.978. The SMILES string of the molecule is Cc1cc(O)c2c(c1)C(=O)c1ccc3c(c1C2=O)O[C@@]12O[C@H](C)[C@H]4[C@@](C)(O)CC(=O)C(=C(O)c5c(OCc6ccccc6)cccc51)[C@]342. The van der Waals surface area contributed by atoms with Crippen molar-refractivity contribution in [1.29, 1.82) is 0 Å². The molecule has 1 saturated heterocycles. The normalized spacial score (nSPS) is 29.0. The van der Waals surface area contributed by atoms with Crippen LogP contribution in [0, 0.1) is 12.8 Å². The summed E-state index contributed by atoms with van der Waals surface area (Å²) in [5.74, 6) is -4.59. The minimum Gasteiger partial charge on any atom is -0.507 e. The van der Waals surface area contributed by atoms with Gasteiger partial charge in [0.05, 0.1) is 34.0 Å². The Bertz CT molecular complexity index is 2210. The van der Waals surface area contributed by atoms with Crippen LogP contribution in [-0.4, -0.2) is 44.4 Å². The van der Waals surface area contributed by atoms with E-state index in [0.717, 1.165) is 5.56 Å². The molecule has 0 radical (unpaired) electrons. The third kappa shape index (κ3) is 3.25. The number of carbonyl (C=O) groups is 3. The molecule has 4 aromatic rings. The number of hydrogen-bond acceptors (Lipinski definition) is 9. The molecule has 3 N–H and O–H groups in total. The zero-order chi connectivity index (χ0) is 33.5. The number of Topliss-reactive ketones (excluding diaryl/α,β-unsaturated/α-hetero) is 1. The summed E-state index contributed by atoms with van der Waals surface area (Å²) in [7, 11) is 0. The summed E-state index contributed by atoms with van der Waals surface area (Å²) in [4.78, 5) is 42.5. The number of benzene rings is 4. The molecule has 48 heavy (non-hydrogen) atoms. The van der Waals surface area contributed by atoms with Crippen LogP contribution in [0.3, 0.4) is 0 Å². The van der Waals surface area contributed by atoms with Crippen molar-refractivity contribution in [3.8, 4) is 17.2 Å². The number of aromatic hydroxyl groups is 1. The second-order valence-electron chi connectivity index (χ2n) is 13.7. The van der Waals surface area contributed by atoms with Gasteiger partial charge in [0, 0.05) is 34.6 Å². The van der Waals surface area contributed by atoms with Crippen molar-refractivity contribution in [2.24, 2.45) is 5.92 Å². The van der Waals surface area contributed by atoms with Gasteiger partial charge in [0.2, 0.25) is 5.78 Å². The molecule has 2 fully saturated rings. The number of aryl methyl sites for hydroxylation is 1. The molecular formula is C39H30O9. The number of ether oxygens (including phenoxy) is 3. The quantitative estimate of drug-likeness (QED) is 0.230. The maximum Gasteiger partial charge on any atom is 0.253 e. The maximum absolute atomic E-state index is 14.3. The fourth-order valence-corrected chi connectivity index (χ4v) is 9.29. The first-order valence-corrected chi connectivity index (χ1v) is 15.9. The molecule has 2 aliphatic heterocycles. The molecule has 5 atom stereocenters. The molecular weight excluding hydrogens is 612 g/mol. The summed E-state index contributed by atoms with van der Waals surface area (Å²) in [6.45, 7) is 5.26. The number of hydrogen-bond donors (Lipinski definition) is 3. The van der Waals surface area contributed by atoms with Crippen molar-refractivity contribution in [3.63, 3.8) is 0 Å². The van der Waals surface area contributed by atoms with E-state index in [1.807, 2.05) is 30.3 Å². The van der Waals surface area contributed by atoms with Crippen LogP contribution in [0.5, 0.6) is 17.2 Å². The Morgan fingerprint density at radius 3 is 2.42 bits per heavy atom. The van der Waals surface area contributed by atoms with Crippen LogP contribution < -0.4 is 9.47 Å². The number of phenolic OH excluding ortho intramolecular Hbond substituents is 1. The van der Waals surface area contributed by atoms with Gasteiger partial charge in [-0.25, -0.2) is 0 Å². The van der Waals surface area contributed by atoms with Gasteiger partial charge in [-0.2, -0.15) is 0 Å². The molecule has 2 heterocycles. The van der Waals surface area contributed by atoms with E-state index in [1.165, 1.54) is 12.1 Å². The van der Waals surface area contributed by atoms with Crippen LogP contribution in [0.25, 0.3) is 5.76 Å². The summed E-state index contributed by atoms with van der Waals surface area (Å²) in [6, 6.07) is 20.8. The monoisotopic (exact) mass is 642 g/mol. The third-order valence-corrected chi connectivity index (χ3v) is 10.8. The van der Waals surface area contributed by atoms with Crippen LogP contribution >= 0.6 is 0 Å². The summed E-state index contributed by atoms with van der Waals surface area (Å²) < 4.78 is 20.0. The van der Waals surface area contributed by atoms with Crippen molar-refractivity contribution in [2.75, 3.05) is 0 Å².